The highest BCUT2D eigenvalue weighted by Crippen LogP contribution is 2.29. The Kier molecular flexibility index (Phi) is 4.99. The minimum absolute atomic E-state index is 0.189. The van der Waals surface area contributed by atoms with Crippen molar-refractivity contribution in [2.24, 2.45) is 5.92 Å². The van der Waals surface area contributed by atoms with Gasteiger partial charge in [-0.05, 0) is 43.4 Å². The Morgan fingerprint density at radius 1 is 1.12 bits per heavy atom. The van der Waals surface area contributed by atoms with Crippen LogP contribution in [0.1, 0.15) is 31.2 Å². The fourth-order valence-electron chi connectivity index (χ4n) is 2.95. The van der Waals surface area contributed by atoms with Crippen LogP contribution >= 0.6 is 0 Å². The standard InChI is InChI=1S/C17H21F3N2O2/c18-17(19,20)24-15-5-1-12(2-6-15)11-22-9-7-14(8-10-22)21-16(23)13-3-4-13/h1-2,5-6,13-14H,3-4,7-11H2,(H,21,23). The molecule has 1 N–H and O–H groups in total. The number of likely N-dealkylation sites (tertiary alicyclic amines) is 1. The predicted octanol–water partition coefficient (Wildman–Crippen LogP) is 3.08. The van der Waals surface area contributed by atoms with E-state index in [1.807, 2.05) is 0 Å². The van der Waals surface area contributed by atoms with Gasteiger partial charge >= 0.3 is 6.36 Å². The van der Waals surface area contributed by atoms with E-state index in [-0.39, 0.29) is 23.6 Å². The summed E-state index contributed by atoms with van der Waals surface area (Å²) in [6.45, 7) is 2.43. The van der Waals surface area contributed by atoms with E-state index in [4.69, 9.17) is 0 Å². The predicted molar refractivity (Wildman–Crippen MR) is 82.3 cm³/mol. The molecule has 0 unspecified atom stereocenters. The molecule has 0 atom stereocenters. The van der Waals surface area contributed by atoms with Crippen molar-refractivity contribution in [3.8, 4) is 5.75 Å². The van der Waals surface area contributed by atoms with Crippen molar-refractivity contribution in [1.29, 1.82) is 0 Å². The second kappa shape index (κ2) is 7.01. The number of carbonyl (C=O) groups is 1. The molecule has 1 aliphatic heterocycles. The Hall–Kier alpha value is -1.76. The Bertz CT molecular complexity index is 562. The minimum Gasteiger partial charge on any atom is -0.406 e. The summed E-state index contributed by atoms with van der Waals surface area (Å²) in [5.74, 6) is 0.224. The molecule has 0 radical (unpaired) electrons. The first-order valence-electron chi connectivity index (χ1n) is 8.26. The third kappa shape index (κ3) is 5.12. The molecule has 7 heteroatoms. The van der Waals surface area contributed by atoms with E-state index in [1.165, 1.54) is 12.1 Å². The molecule has 0 spiro atoms. The summed E-state index contributed by atoms with van der Waals surface area (Å²) in [6, 6.07) is 6.23. The van der Waals surface area contributed by atoms with Crippen LogP contribution in [0.4, 0.5) is 13.2 Å². The van der Waals surface area contributed by atoms with E-state index in [2.05, 4.69) is 15.0 Å². The van der Waals surface area contributed by atoms with Gasteiger partial charge in [0.2, 0.25) is 5.91 Å². The van der Waals surface area contributed by atoms with Crippen LogP contribution < -0.4 is 10.1 Å². The highest BCUT2D eigenvalue weighted by atomic mass is 19.4. The number of hydrogen-bond acceptors (Lipinski definition) is 3. The van der Waals surface area contributed by atoms with Gasteiger partial charge in [-0.1, -0.05) is 12.1 Å². The van der Waals surface area contributed by atoms with Gasteiger partial charge in [-0.2, -0.15) is 0 Å². The Balaban J connectivity index is 1.43. The first-order valence-corrected chi connectivity index (χ1v) is 8.26. The van der Waals surface area contributed by atoms with Crippen LogP contribution in [0.25, 0.3) is 0 Å². The normalized spacial score (nSPS) is 20.0. The Morgan fingerprint density at radius 2 is 1.75 bits per heavy atom. The number of nitrogens with zero attached hydrogens (tertiary/aromatic N) is 1. The largest absolute Gasteiger partial charge is 0.573 e. The first kappa shape index (κ1) is 17.1. The second-order valence-corrected chi connectivity index (χ2v) is 6.53. The average Bonchev–Trinajstić information content (AvgIpc) is 3.34. The molecule has 1 heterocycles. The number of benzene rings is 1. The number of nitrogens with one attached hydrogen (secondary N) is 1. The van der Waals surface area contributed by atoms with Crippen LogP contribution in [0.5, 0.6) is 5.75 Å². The molecule has 1 aliphatic carbocycles. The van der Waals surface area contributed by atoms with Crippen LogP contribution in [-0.2, 0) is 11.3 Å². The van der Waals surface area contributed by atoms with Gasteiger partial charge < -0.3 is 10.1 Å². The van der Waals surface area contributed by atoms with E-state index < -0.39 is 6.36 Å². The smallest absolute Gasteiger partial charge is 0.406 e. The molecule has 2 fully saturated rings. The molecule has 3 rings (SSSR count). The van der Waals surface area contributed by atoms with Crippen molar-refractivity contribution in [3.63, 3.8) is 0 Å². The van der Waals surface area contributed by atoms with Gasteiger partial charge in [-0.3, -0.25) is 9.69 Å². The highest BCUT2D eigenvalue weighted by molar-refractivity contribution is 5.81. The topological polar surface area (TPSA) is 41.6 Å². The molecule has 132 valence electrons. The number of rotatable bonds is 5. The fourth-order valence-corrected chi connectivity index (χ4v) is 2.95. The summed E-state index contributed by atoms with van der Waals surface area (Å²) < 4.78 is 40.3. The number of hydrogen-bond donors (Lipinski definition) is 1. The lowest BCUT2D eigenvalue weighted by Crippen LogP contribution is -2.44. The molecule has 24 heavy (non-hydrogen) atoms. The maximum absolute atomic E-state index is 12.1. The van der Waals surface area contributed by atoms with Crippen LogP contribution in [0, 0.1) is 5.92 Å². The lowest BCUT2D eigenvalue weighted by atomic mass is 10.0. The summed E-state index contributed by atoms with van der Waals surface area (Å²) in [4.78, 5) is 14.0. The highest BCUT2D eigenvalue weighted by Gasteiger charge is 2.32. The van der Waals surface area contributed by atoms with E-state index in [9.17, 15) is 18.0 Å². The van der Waals surface area contributed by atoms with Crippen molar-refractivity contribution in [2.45, 2.75) is 44.6 Å². The van der Waals surface area contributed by atoms with Crippen LogP contribution in [0.2, 0.25) is 0 Å². The monoisotopic (exact) mass is 342 g/mol. The third-order valence-electron chi connectivity index (χ3n) is 4.45. The molecule has 1 aromatic carbocycles. The maximum atomic E-state index is 12.1. The van der Waals surface area contributed by atoms with Gasteiger partial charge in [-0.25, -0.2) is 0 Å². The molecular weight excluding hydrogens is 321 g/mol. The van der Waals surface area contributed by atoms with Crippen molar-refractivity contribution >= 4 is 5.91 Å². The number of carbonyl (C=O) groups excluding carboxylic acids is 1. The molecule has 1 amide bonds. The number of halogens is 3. The minimum atomic E-state index is -4.66. The van der Waals surface area contributed by atoms with Gasteiger partial charge in [0.15, 0.2) is 0 Å². The molecule has 2 aliphatic rings. The maximum Gasteiger partial charge on any atom is 0.573 e. The van der Waals surface area contributed by atoms with Gasteiger partial charge in [0.1, 0.15) is 5.75 Å². The Morgan fingerprint density at radius 3 is 2.29 bits per heavy atom. The SMILES string of the molecule is O=C(NC1CCN(Cc2ccc(OC(F)(F)F)cc2)CC1)C1CC1. The molecule has 1 saturated heterocycles. The van der Waals surface area contributed by atoms with Crippen LogP contribution in [-0.4, -0.2) is 36.3 Å². The van der Waals surface area contributed by atoms with Gasteiger partial charge in [0, 0.05) is 31.6 Å². The molecule has 1 saturated carbocycles. The van der Waals surface area contributed by atoms with Crippen molar-refractivity contribution < 1.29 is 22.7 Å². The summed E-state index contributed by atoms with van der Waals surface area (Å²) in [7, 11) is 0. The second-order valence-electron chi connectivity index (χ2n) is 6.53. The molecule has 1 aromatic rings. The Labute approximate surface area is 139 Å². The number of piperidine rings is 1. The lowest BCUT2D eigenvalue weighted by Gasteiger charge is -2.32. The van der Waals surface area contributed by atoms with Crippen molar-refractivity contribution in [2.75, 3.05) is 13.1 Å². The zero-order valence-corrected chi connectivity index (χ0v) is 13.3. The van der Waals surface area contributed by atoms with Crippen LogP contribution in [0.3, 0.4) is 0 Å². The van der Waals surface area contributed by atoms with Crippen molar-refractivity contribution in [1.82, 2.24) is 10.2 Å². The lowest BCUT2D eigenvalue weighted by molar-refractivity contribution is -0.274. The zero-order chi connectivity index (χ0) is 17.2. The van der Waals surface area contributed by atoms with E-state index in [1.54, 1.807) is 12.1 Å². The quantitative estimate of drug-likeness (QED) is 0.894. The summed E-state index contributed by atoms with van der Waals surface area (Å²) >= 11 is 0. The van der Waals surface area contributed by atoms with E-state index >= 15 is 0 Å². The van der Waals surface area contributed by atoms with E-state index in [0.29, 0.717) is 6.54 Å². The van der Waals surface area contributed by atoms with Gasteiger partial charge in [-0.15, -0.1) is 13.2 Å². The summed E-state index contributed by atoms with van der Waals surface area (Å²) in [5.41, 5.74) is 0.949. The first-order chi connectivity index (χ1) is 11.4. The third-order valence-corrected chi connectivity index (χ3v) is 4.45. The van der Waals surface area contributed by atoms with Crippen molar-refractivity contribution in [3.05, 3.63) is 29.8 Å². The molecule has 0 aromatic heterocycles. The number of amides is 1. The summed E-state index contributed by atoms with van der Waals surface area (Å²) in [5, 5.41) is 3.11. The molecule has 0 bridgehead atoms. The number of alkyl halides is 3. The molecular formula is C17H21F3N2O2. The van der Waals surface area contributed by atoms with Gasteiger partial charge in [0.05, 0.1) is 0 Å². The molecule has 4 nitrogen and oxygen atoms in total. The fraction of sp³-hybridized carbons (Fsp3) is 0.588. The average molecular weight is 342 g/mol. The zero-order valence-electron chi connectivity index (χ0n) is 13.3. The van der Waals surface area contributed by atoms with E-state index in [0.717, 1.165) is 44.3 Å². The number of ether oxygens (including phenoxy) is 1. The van der Waals surface area contributed by atoms with Gasteiger partial charge in [0.25, 0.3) is 0 Å². The van der Waals surface area contributed by atoms with Crippen LogP contribution in [0.15, 0.2) is 24.3 Å². The summed E-state index contributed by atoms with van der Waals surface area (Å²) in [6.07, 6.45) is -0.812.